The van der Waals surface area contributed by atoms with Gasteiger partial charge in [0.1, 0.15) is 0 Å². The molecule has 0 fully saturated rings. The second kappa shape index (κ2) is 5.09. The molecule has 2 N–H and O–H groups in total. The van der Waals surface area contributed by atoms with Gasteiger partial charge < -0.3 is 5.73 Å². The van der Waals surface area contributed by atoms with E-state index in [2.05, 4.69) is 5.73 Å². The minimum Gasteiger partial charge on any atom is -0.398 e. The summed E-state index contributed by atoms with van der Waals surface area (Å²) in [6, 6.07) is -0.819. The highest BCUT2D eigenvalue weighted by Gasteiger charge is 2.55. The fraction of sp³-hybridized carbons (Fsp3) is 0.400. The standard InChI is InChI=1S/C10H3F12N/c11-7(12,13)2-1-3(23)5(9(17,18)19)6(10(20,21)22)4(2)8(14,15)16/h1H,23H2. The summed E-state index contributed by atoms with van der Waals surface area (Å²) in [6.07, 6.45) is -24.8. The molecule has 0 aliphatic carbocycles. The lowest BCUT2D eigenvalue weighted by molar-refractivity contribution is -0.182. The van der Waals surface area contributed by atoms with Gasteiger partial charge in [-0.25, -0.2) is 0 Å². The number of nitrogens with two attached hydrogens (primary N) is 1. The topological polar surface area (TPSA) is 26.0 Å². The van der Waals surface area contributed by atoms with Crippen molar-refractivity contribution in [3.63, 3.8) is 0 Å². The Kier molecular flexibility index (Phi) is 4.26. The molecule has 0 radical (unpaired) electrons. The van der Waals surface area contributed by atoms with E-state index in [1.165, 1.54) is 0 Å². The summed E-state index contributed by atoms with van der Waals surface area (Å²) in [5.74, 6) is 0. The van der Waals surface area contributed by atoms with E-state index in [0.29, 0.717) is 0 Å². The maximum absolute atomic E-state index is 12.7. The summed E-state index contributed by atoms with van der Waals surface area (Å²) in [5, 5.41) is 0. The van der Waals surface area contributed by atoms with Crippen molar-refractivity contribution in [2.75, 3.05) is 5.73 Å². The van der Waals surface area contributed by atoms with E-state index in [1.54, 1.807) is 0 Å². The molecule has 0 spiro atoms. The zero-order chi connectivity index (χ0) is 18.6. The molecule has 1 rings (SSSR count). The Morgan fingerprint density at radius 3 is 1.13 bits per heavy atom. The fourth-order valence-corrected chi connectivity index (χ4v) is 1.81. The minimum atomic E-state index is -6.38. The van der Waals surface area contributed by atoms with Crippen molar-refractivity contribution in [3.05, 3.63) is 28.3 Å². The van der Waals surface area contributed by atoms with Gasteiger partial charge in [-0.1, -0.05) is 0 Å². The molecule has 0 unspecified atom stereocenters. The van der Waals surface area contributed by atoms with Crippen molar-refractivity contribution >= 4 is 5.69 Å². The third kappa shape index (κ3) is 3.75. The van der Waals surface area contributed by atoms with E-state index in [1.807, 2.05) is 0 Å². The third-order valence-electron chi connectivity index (χ3n) is 2.51. The summed E-state index contributed by atoms with van der Waals surface area (Å²) in [6.45, 7) is 0. The highest BCUT2D eigenvalue weighted by molar-refractivity contribution is 5.61. The van der Waals surface area contributed by atoms with Crippen molar-refractivity contribution in [2.24, 2.45) is 0 Å². The number of halogens is 12. The van der Waals surface area contributed by atoms with Crippen LogP contribution in [0.3, 0.4) is 0 Å². The molecule has 0 saturated heterocycles. The highest BCUT2D eigenvalue weighted by Crippen LogP contribution is 2.52. The van der Waals surface area contributed by atoms with Crippen LogP contribution in [0.4, 0.5) is 58.4 Å². The molecule has 13 heteroatoms. The summed E-state index contributed by atoms with van der Waals surface area (Å²) in [5.41, 5.74) is -10.6. The van der Waals surface area contributed by atoms with Crippen LogP contribution in [0.25, 0.3) is 0 Å². The van der Waals surface area contributed by atoms with Gasteiger partial charge in [0, 0.05) is 5.69 Å². The monoisotopic (exact) mass is 365 g/mol. The van der Waals surface area contributed by atoms with Crippen molar-refractivity contribution < 1.29 is 52.7 Å². The van der Waals surface area contributed by atoms with Crippen LogP contribution in [0.5, 0.6) is 0 Å². The molecule has 0 saturated carbocycles. The Hall–Kier alpha value is -1.82. The zero-order valence-electron chi connectivity index (χ0n) is 10.2. The van der Waals surface area contributed by atoms with Crippen molar-refractivity contribution in [1.82, 2.24) is 0 Å². The molecule has 0 aromatic heterocycles. The first-order chi connectivity index (χ1) is 9.88. The second-order valence-corrected chi connectivity index (χ2v) is 4.13. The van der Waals surface area contributed by atoms with E-state index >= 15 is 0 Å². The quantitative estimate of drug-likeness (QED) is 0.487. The first kappa shape index (κ1) is 19.2. The number of rotatable bonds is 0. The largest absolute Gasteiger partial charge is 0.418 e. The van der Waals surface area contributed by atoms with Gasteiger partial charge >= 0.3 is 24.7 Å². The van der Waals surface area contributed by atoms with Gasteiger partial charge in [0.05, 0.1) is 22.3 Å². The predicted molar refractivity (Wildman–Crippen MR) is 50.9 cm³/mol. The van der Waals surface area contributed by atoms with Gasteiger partial charge in [0.15, 0.2) is 0 Å². The number of alkyl halides is 12. The number of benzene rings is 1. The first-order valence-corrected chi connectivity index (χ1v) is 5.13. The van der Waals surface area contributed by atoms with E-state index in [9.17, 15) is 52.7 Å². The summed E-state index contributed by atoms with van der Waals surface area (Å²) >= 11 is 0. The molecule has 0 aliphatic rings. The smallest absolute Gasteiger partial charge is 0.398 e. The second-order valence-electron chi connectivity index (χ2n) is 4.13. The van der Waals surface area contributed by atoms with Gasteiger partial charge in [-0.3, -0.25) is 0 Å². The molecule has 23 heavy (non-hydrogen) atoms. The molecular formula is C10H3F12N. The summed E-state index contributed by atoms with van der Waals surface area (Å²) < 4.78 is 152. The van der Waals surface area contributed by atoms with Crippen molar-refractivity contribution in [2.45, 2.75) is 24.7 Å². The van der Waals surface area contributed by atoms with Crippen LogP contribution in [0.15, 0.2) is 6.07 Å². The first-order valence-electron chi connectivity index (χ1n) is 5.13. The van der Waals surface area contributed by atoms with E-state index < -0.39 is 58.7 Å². The van der Waals surface area contributed by atoms with Crippen LogP contribution >= 0.6 is 0 Å². The Morgan fingerprint density at radius 1 is 0.522 bits per heavy atom. The normalized spacial score (nSPS) is 14.3. The average Bonchev–Trinajstić information content (AvgIpc) is 2.21. The van der Waals surface area contributed by atoms with Crippen molar-refractivity contribution in [1.29, 1.82) is 0 Å². The Labute approximate surface area is 118 Å². The molecule has 0 amide bonds. The molecule has 1 aromatic rings. The molecule has 1 aromatic carbocycles. The van der Waals surface area contributed by atoms with E-state index in [0.717, 1.165) is 0 Å². The van der Waals surface area contributed by atoms with E-state index in [4.69, 9.17) is 0 Å². The fourth-order valence-electron chi connectivity index (χ4n) is 1.81. The van der Waals surface area contributed by atoms with Gasteiger partial charge in [-0.15, -0.1) is 0 Å². The number of nitrogen functional groups attached to an aromatic ring is 1. The average molecular weight is 365 g/mol. The Morgan fingerprint density at radius 2 is 0.870 bits per heavy atom. The SMILES string of the molecule is Nc1cc(C(F)(F)F)c(C(F)(F)F)c(C(F)(F)F)c1C(F)(F)F. The molecule has 132 valence electrons. The van der Waals surface area contributed by atoms with Crippen molar-refractivity contribution in [3.8, 4) is 0 Å². The van der Waals surface area contributed by atoms with Crippen LogP contribution < -0.4 is 5.73 Å². The molecule has 0 aliphatic heterocycles. The minimum absolute atomic E-state index is 0.819. The third-order valence-corrected chi connectivity index (χ3v) is 2.51. The molecule has 0 heterocycles. The molecule has 0 atom stereocenters. The van der Waals surface area contributed by atoms with Gasteiger partial charge in [0.25, 0.3) is 0 Å². The zero-order valence-corrected chi connectivity index (χ0v) is 10.2. The van der Waals surface area contributed by atoms with Crippen LogP contribution in [0.1, 0.15) is 22.3 Å². The maximum Gasteiger partial charge on any atom is 0.418 e. The number of hydrogen-bond acceptors (Lipinski definition) is 1. The van der Waals surface area contributed by atoms with Gasteiger partial charge in [-0.2, -0.15) is 52.7 Å². The lowest BCUT2D eigenvalue weighted by atomic mass is 9.92. The van der Waals surface area contributed by atoms with Gasteiger partial charge in [0.2, 0.25) is 0 Å². The Bertz CT molecular complexity index is 601. The molecular weight excluding hydrogens is 362 g/mol. The number of anilines is 1. The maximum atomic E-state index is 12.7. The van der Waals surface area contributed by atoms with Crippen LogP contribution in [0.2, 0.25) is 0 Å². The van der Waals surface area contributed by atoms with Crippen LogP contribution in [-0.2, 0) is 24.7 Å². The highest BCUT2D eigenvalue weighted by atomic mass is 19.4. The predicted octanol–water partition coefficient (Wildman–Crippen LogP) is 5.34. The van der Waals surface area contributed by atoms with Gasteiger partial charge in [-0.05, 0) is 6.07 Å². The number of hydrogen-bond donors (Lipinski definition) is 1. The lowest BCUT2D eigenvalue weighted by Crippen LogP contribution is -2.28. The lowest BCUT2D eigenvalue weighted by Gasteiger charge is -2.25. The summed E-state index contributed by atoms with van der Waals surface area (Å²) in [4.78, 5) is 0. The van der Waals surface area contributed by atoms with Crippen LogP contribution in [-0.4, -0.2) is 0 Å². The molecule has 0 bridgehead atoms. The summed E-state index contributed by atoms with van der Waals surface area (Å²) in [7, 11) is 0. The van der Waals surface area contributed by atoms with E-state index in [-0.39, 0.29) is 0 Å². The van der Waals surface area contributed by atoms with Crippen LogP contribution in [0, 0.1) is 0 Å². The molecule has 1 nitrogen and oxygen atoms in total. The Balaban J connectivity index is 4.18.